The standard InChI is InChI=1S/C20H21Cl2FN2O3S/c21-11-7-15-14(16(22)8-11)10-18(25-12-3-1-2-4-12)20(15)28-19-6-5-13(9-17(19)23)29(24,26)27/h5-9,12,18,20,25H,1-4,10H2,(H2,24,26,27). The van der Waals surface area contributed by atoms with Crippen LogP contribution in [0.25, 0.3) is 0 Å². The minimum Gasteiger partial charge on any atom is -0.481 e. The Hall–Kier alpha value is -1.38. The van der Waals surface area contributed by atoms with Crippen molar-refractivity contribution in [2.45, 2.75) is 55.2 Å². The Kier molecular flexibility index (Phi) is 5.79. The fourth-order valence-corrected chi connectivity index (χ4v) is 5.33. The van der Waals surface area contributed by atoms with E-state index < -0.39 is 21.9 Å². The highest BCUT2D eigenvalue weighted by atomic mass is 35.5. The van der Waals surface area contributed by atoms with E-state index in [-0.39, 0.29) is 16.7 Å². The molecule has 29 heavy (non-hydrogen) atoms. The van der Waals surface area contributed by atoms with Crippen LogP contribution in [0.1, 0.15) is 42.9 Å². The number of ether oxygens (including phenoxy) is 1. The van der Waals surface area contributed by atoms with Crippen LogP contribution in [0, 0.1) is 5.82 Å². The first-order valence-electron chi connectivity index (χ1n) is 9.45. The zero-order chi connectivity index (χ0) is 20.8. The second-order valence-electron chi connectivity index (χ2n) is 7.59. The van der Waals surface area contributed by atoms with E-state index in [1.54, 1.807) is 12.1 Å². The molecule has 2 atom stereocenters. The Morgan fingerprint density at radius 1 is 1.14 bits per heavy atom. The third-order valence-corrected chi connectivity index (χ3v) is 7.05. The molecule has 156 valence electrons. The third-order valence-electron chi connectivity index (χ3n) is 5.58. The second-order valence-corrected chi connectivity index (χ2v) is 9.99. The molecule has 3 N–H and O–H groups in total. The number of hydrogen-bond donors (Lipinski definition) is 2. The summed E-state index contributed by atoms with van der Waals surface area (Å²) < 4.78 is 43.5. The molecule has 2 aliphatic rings. The van der Waals surface area contributed by atoms with E-state index >= 15 is 0 Å². The van der Waals surface area contributed by atoms with Gasteiger partial charge in [-0.1, -0.05) is 36.0 Å². The summed E-state index contributed by atoms with van der Waals surface area (Å²) in [5.74, 6) is -0.845. The number of sulfonamides is 1. The van der Waals surface area contributed by atoms with E-state index in [2.05, 4.69) is 5.32 Å². The lowest BCUT2D eigenvalue weighted by Gasteiger charge is -2.26. The largest absolute Gasteiger partial charge is 0.481 e. The van der Waals surface area contributed by atoms with Gasteiger partial charge in [-0.15, -0.1) is 0 Å². The molecule has 0 saturated heterocycles. The van der Waals surface area contributed by atoms with Crippen LogP contribution in [0.3, 0.4) is 0 Å². The molecule has 9 heteroatoms. The molecule has 0 spiro atoms. The number of benzene rings is 2. The zero-order valence-electron chi connectivity index (χ0n) is 15.5. The zero-order valence-corrected chi connectivity index (χ0v) is 17.8. The van der Waals surface area contributed by atoms with Crippen LogP contribution in [0.15, 0.2) is 35.2 Å². The number of nitrogens with one attached hydrogen (secondary N) is 1. The van der Waals surface area contributed by atoms with Gasteiger partial charge in [-0.2, -0.15) is 0 Å². The van der Waals surface area contributed by atoms with Crippen molar-refractivity contribution in [2.24, 2.45) is 5.14 Å². The number of primary sulfonamides is 1. The van der Waals surface area contributed by atoms with Crippen molar-refractivity contribution in [2.75, 3.05) is 0 Å². The first-order chi connectivity index (χ1) is 13.7. The van der Waals surface area contributed by atoms with Crippen molar-refractivity contribution in [3.05, 3.63) is 57.3 Å². The predicted octanol–water partition coefficient (Wildman–Crippen LogP) is 4.36. The molecule has 2 aromatic rings. The van der Waals surface area contributed by atoms with Crippen LogP contribution >= 0.6 is 23.2 Å². The molecular formula is C20H21Cl2FN2O3S. The summed E-state index contributed by atoms with van der Waals surface area (Å²) in [6.07, 6.45) is 4.68. The number of rotatable bonds is 5. The second kappa shape index (κ2) is 8.04. The molecule has 0 aromatic heterocycles. The molecule has 1 fully saturated rings. The van der Waals surface area contributed by atoms with Gasteiger partial charge in [0.2, 0.25) is 10.0 Å². The number of hydrogen-bond acceptors (Lipinski definition) is 4. The Morgan fingerprint density at radius 2 is 1.86 bits per heavy atom. The number of fused-ring (bicyclic) bond motifs is 1. The van der Waals surface area contributed by atoms with Gasteiger partial charge in [-0.25, -0.2) is 17.9 Å². The van der Waals surface area contributed by atoms with Crippen molar-refractivity contribution in [3.8, 4) is 5.75 Å². The predicted molar refractivity (Wildman–Crippen MR) is 110 cm³/mol. The molecule has 0 bridgehead atoms. The smallest absolute Gasteiger partial charge is 0.238 e. The molecular weight excluding hydrogens is 438 g/mol. The maximum Gasteiger partial charge on any atom is 0.238 e. The van der Waals surface area contributed by atoms with Crippen molar-refractivity contribution in [3.63, 3.8) is 0 Å². The summed E-state index contributed by atoms with van der Waals surface area (Å²) in [6, 6.07) is 7.15. The topological polar surface area (TPSA) is 81.4 Å². The monoisotopic (exact) mass is 458 g/mol. The van der Waals surface area contributed by atoms with Gasteiger partial charge in [-0.05, 0) is 55.2 Å². The van der Waals surface area contributed by atoms with E-state index in [4.69, 9.17) is 33.1 Å². The van der Waals surface area contributed by atoms with Gasteiger partial charge in [0.15, 0.2) is 11.6 Å². The molecule has 0 heterocycles. The molecule has 1 saturated carbocycles. The fourth-order valence-electron chi connectivity index (χ4n) is 4.21. The average molecular weight is 459 g/mol. The van der Waals surface area contributed by atoms with E-state index in [1.165, 1.54) is 25.0 Å². The van der Waals surface area contributed by atoms with Gasteiger partial charge in [0.1, 0.15) is 6.10 Å². The highest BCUT2D eigenvalue weighted by Crippen LogP contribution is 2.41. The van der Waals surface area contributed by atoms with Crippen molar-refractivity contribution in [1.82, 2.24) is 5.32 Å². The first-order valence-corrected chi connectivity index (χ1v) is 11.8. The summed E-state index contributed by atoms with van der Waals surface area (Å²) in [5, 5.41) is 9.74. The highest BCUT2D eigenvalue weighted by molar-refractivity contribution is 7.89. The first kappa shape index (κ1) is 20.9. The van der Waals surface area contributed by atoms with Gasteiger partial charge in [0, 0.05) is 21.7 Å². The quantitative estimate of drug-likeness (QED) is 0.697. The van der Waals surface area contributed by atoms with Crippen molar-refractivity contribution >= 4 is 33.2 Å². The van der Waals surface area contributed by atoms with Crippen LogP contribution in [-0.2, 0) is 16.4 Å². The summed E-state index contributed by atoms with van der Waals surface area (Å²) in [4.78, 5) is -0.305. The Bertz CT molecular complexity index is 1040. The molecule has 0 aliphatic heterocycles. The van der Waals surface area contributed by atoms with Crippen molar-refractivity contribution < 1.29 is 17.5 Å². The summed E-state index contributed by atoms with van der Waals surface area (Å²) in [5.41, 5.74) is 1.74. The lowest BCUT2D eigenvalue weighted by atomic mass is 10.1. The number of halogens is 3. The van der Waals surface area contributed by atoms with Gasteiger partial charge >= 0.3 is 0 Å². The molecule has 2 aliphatic carbocycles. The highest BCUT2D eigenvalue weighted by Gasteiger charge is 2.38. The maximum absolute atomic E-state index is 14.6. The van der Waals surface area contributed by atoms with Crippen molar-refractivity contribution in [1.29, 1.82) is 0 Å². The normalized spacial score (nSPS) is 22.1. The molecule has 0 amide bonds. The van der Waals surface area contributed by atoms with E-state index in [9.17, 15) is 12.8 Å². The lowest BCUT2D eigenvalue weighted by molar-refractivity contribution is 0.153. The maximum atomic E-state index is 14.6. The average Bonchev–Trinajstić information content (AvgIpc) is 3.25. The number of nitrogens with two attached hydrogens (primary N) is 1. The minimum atomic E-state index is -4.00. The SMILES string of the molecule is NS(=O)(=O)c1ccc(OC2c3cc(Cl)cc(Cl)c3CC2NC2CCCC2)c(F)c1. The van der Waals surface area contributed by atoms with E-state index in [0.717, 1.165) is 30.0 Å². The van der Waals surface area contributed by atoms with Gasteiger partial charge in [0.05, 0.1) is 10.9 Å². The summed E-state index contributed by atoms with van der Waals surface area (Å²) in [7, 11) is -4.00. The van der Waals surface area contributed by atoms with Gasteiger partial charge < -0.3 is 10.1 Å². The summed E-state index contributed by atoms with van der Waals surface area (Å²) >= 11 is 12.6. The molecule has 4 rings (SSSR count). The van der Waals surface area contributed by atoms with Crippen LogP contribution in [0.5, 0.6) is 5.75 Å². The molecule has 2 aromatic carbocycles. The van der Waals surface area contributed by atoms with Crippen LogP contribution in [0.2, 0.25) is 10.0 Å². The van der Waals surface area contributed by atoms with Crippen LogP contribution in [-0.4, -0.2) is 20.5 Å². The van der Waals surface area contributed by atoms with Crippen LogP contribution < -0.4 is 15.2 Å². The van der Waals surface area contributed by atoms with Crippen LogP contribution in [0.4, 0.5) is 4.39 Å². The Morgan fingerprint density at radius 3 is 2.52 bits per heavy atom. The van der Waals surface area contributed by atoms with E-state index in [0.29, 0.717) is 22.5 Å². The van der Waals surface area contributed by atoms with Gasteiger partial charge in [0.25, 0.3) is 0 Å². The van der Waals surface area contributed by atoms with Gasteiger partial charge in [-0.3, -0.25) is 0 Å². The van der Waals surface area contributed by atoms with E-state index in [1.807, 2.05) is 0 Å². The molecule has 0 radical (unpaired) electrons. The Labute approximate surface area is 179 Å². The lowest BCUT2D eigenvalue weighted by Crippen LogP contribution is -2.41. The minimum absolute atomic E-state index is 0.0513. The fraction of sp³-hybridized carbons (Fsp3) is 0.400. The molecule has 2 unspecified atom stereocenters. The molecule has 5 nitrogen and oxygen atoms in total. The Balaban J connectivity index is 1.67. The summed E-state index contributed by atoms with van der Waals surface area (Å²) in [6.45, 7) is 0. The third kappa shape index (κ3) is 4.39.